The van der Waals surface area contributed by atoms with Gasteiger partial charge in [-0.25, -0.2) is 0 Å². The van der Waals surface area contributed by atoms with Crippen LogP contribution < -0.4 is 0 Å². The average molecular weight is 240 g/mol. The van der Waals surface area contributed by atoms with Gasteiger partial charge in [0, 0.05) is 42.7 Å². The minimum Gasteiger partial charge on any atom is -0.335 e. The number of hydrogen-bond donors (Lipinski definition) is 0. The van der Waals surface area contributed by atoms with Crippen LogP contribution in [0.15, 0.2) is 0 Å². The SMILES string of the molecule is COC(OC)(OC)[SiH2]C(OC)(OC)OC. The zero-order chi connectivity index (χ0) is 11.9. The highest BCUT2D eigenvalue weighted by atomic mass is 28.2. The maximum atomic E-state index is 5.17. The number of methoxy groups -OCH3 is 6. The molecule has 0 aromatic carbocycles. The maximum absolute atomic E-state index is 5.17. The molecule has 0 radical (unpaired) electrons. The third kappa shape index (κ3) is 3.49. The highest BCUT2D eigenvalue weighted by Gasteiger charge is 2.45. The van der Waals surface area contributed by atoms with Crippen molar-refractivity contribution in [2.45, 2.75) is 11.2 Å². The van der Waals surface area contributed by atoms with Crippen LogP contribution in [-0.2, 0) is 28.4 Å². The van der Waals surface area contributed by atoms with Crippen molar-refractivity contribution in [3.05, 3.63) is 0 Å². The van der Waals surface area contributed by atoms with E-state index in [4.69, 9.17) is 28.4 Å². The van der Waals surface area contributed by atoms with Crippen molar-refractivity contribution in [1.82, 2.24) is 0 Å². The Kier molecular flexibility index (Phi) is 6.53. The van der Waals surface area contributed by atoms with E-state index in [1.54, 1.807) is 0 Å². The summed E-state index contributed by atoms with van der Waals surface area (Å²) >= 11 is 0. The molecule has 92 valence electrons. The normalized spacial score (nSPS) is 13.2. The maximum Gasteiger partial charge on any atom is 0.258 e. The number of rotatable bonds is 8. The summed E-state index contributed by atoms with van der Waals surface area (Å²) in [6.07, 6.45) is 0. The summed E-state index contributed by atoms with van der Waals surface area (Å²) in [5.74, 6) is 0. The summed E-state index contributed by atoms with van der Waals surface area (Å²) in [5, 5.41) is 0. The summed E-state index contributed by atoms with van der Waals surface area (Å²) in [5.41, 5.74) is -2.25. The summed E-state index contributed by atoms with van der Waals surface area (Å²) in [6.45, 7) is 0. The molecule has 0 amide bonds. The zero-order valence-electron chi connectivity index (χ0n) is 10.2. The molecule has 0 aliphatic rings. The van der Waals surface area contributed by atoms with Crippen molar-refractivity contribution in [2.24, 2.45) is 0 Å². The molecule has 0 aliphatic heterocycles. The van der Waals surface area contributed by atoms with Gasteiger partial charge >= 0.3 is 0 Å². The second-order valence-corrected chi connectivity index (χ2v) is 4.85. The van der Waals surface area contributed by atoms with Gasteiger partial charge in [-0.15, -0.1) is 0 Å². The minimum absolute atomic E-state index is 1.12. The first-order chi connectivity index (χ1) is 7.07. The van der Waals surface area contributed by atoms with E-state index < -0.39 is 20.7 Å². The fourth-order valence-electron chi connectivity index (χ4n) is 1.20. The van der Waals surface area contributed by atoms with Crippen LogP contribution in [-0.4, -0.2) is 63.4 Å². The number of ether oxygens (including phenoxy) is 6. The standard InChI is InChI=1S/C8H20O6Si/c1-9-7(10-2,11-3)15-8(12-4,13-5)14-6/h15H2,1-6H3. The molecule has 0 heterocycles. The molecular weight excluding hydrogens is 220 g/mol. The molecule has 0 spiro atoms. The molecule has 0 aromatic rings. The van der Waals surface area contributed by atoms with Gasteiger partial charge in [0.2, 0.25) is 9.52 Å². The van der Waals surface area contributed by atoms with Crippen LogP contribution in [0, 0.1) is 0 Å². The second kappa shape index (κ2) is 6.54. The second-order valence-electron chi connectivity index (χ2n) is 2.77. The van der Waals surface area contributed by atoms with Gasteiger partial charge in [0.15, 0.2) is 0 Å². The lowest BCUT2D eigenvalue weighted by atomic mass is 11.1. The largest absolute Gasteiger partial charge is 0.335 e. The highest BCUT2D eigenvalue weighted by Crippen LogP contribution is 2.20. The third-order valence-electron chi connectivity index (χ3n) is 2.30. The lowest BCUT2D eigenvalue weighted by molar-refractivity contribution is -0.333. The van der Waals surface area contributed by atoms with Gasteiger partial charge in [-0.3, -0.25) is 0 Å². The van der Waals surface area contributed by atoms with E-state index in [9.17, 15) is 0 Å². The molecule has 0 saturated carbocycles. The van der Waals surface area contributed by atoms with Gasteiger partial charge in [-0.05, 0) is 0 Å². The van der Waals surface area contributed by atoms with E-state index in [2.05, 4.69) is 0 Å². The minimum atomic E-state index is -1.31. The van der Waals surface area contributed by atoms with Gasteiger partial charge in [-0.1, -0.05) is 0 Å². The van der Waals surface area contributed by atoms with E-state index in [0.717, 1.165) is 0 Å². The monoisotopic (exact) mass is 240 g/mol. The molecule has 0 aromatic heterocycles. The smallest absolute Gasteiger partial charge is 0.258 e. The molecule has 15 heavy (non-hydrogen) atoms. The predicted molar refractivity (Wildman–Crippen MR) is 56.1 cm³/mol. The van der Waals surface area contributed by atoms with Crippen LogP contribution in [0.3, 0.4) is 0 Å². The first-order valence-electron chi connectivity index (χ1n) is 4.38. The summed E-state index contributed by atoms with van der Waals surface area (Å²) in [7, 11) is 7.64. The Bertz CT molecular complexity index is 134. The van der Waals surface area contributed by atoms with E-state index >= 15 is 0 Å². The number of hydrogen-bond acceptors (Lipinski definition) is 6. The van der Waals surface area contributed by atoms with Crippen molar-refractivity contribution in [1.29, 1.82) is 0 Å². The Morgan fingerprint density at radius 1 is 0.533 bits per heavy atom. The van der Waals surface area contributed by atoms with Crippen LogP contribution in [0.2, 0.25) is 0 Å². The first kappa shape index (κ1) is 15.0. The molecule has 0 rings (SSSR count). The average Bonchev–Trinajstić information content (AvgIpc) is 2.33. The first-order valence-corrected chi connectivity index (χ1v) is 5.80. The fraction of sp³-hybridized carbons (Fsp3) is 1.00. The van der Waals surface area contributed by atoms with E-state index in [-0.39, 0.29) is 0 Å². The lowest BCUT2D eigenvalue weighted by Crippen LogP contribution is -2.56. The fourth-order valence-corrected chi connectivity index (χ4v) is 2.59. The molecule has 6 nitrogen and oxygen atoms in total. The molecule has 0 N–H and O–H groups in total. The van der Waals surface area contributed by atoms with E-state index in [0.29, 0.717) is 0 Å². The van der Waals surface area contributed by atoms with Crippen LogP contribution in [0.25, 0.3) is 0 Å². The molecule has 0 bridgehead atoms. The highest BCUT2D eigenvalue weighted by molar-refractivity contribution is 6.41. The Morgan fingerprint density at radius 3 is 0.867 bits per heavy atom. The molecule has 7 heteroatoms. The third-order valence-corrected chi connectivity index (χ3v) is 4.90. The molecule has 0 atom stereocenters. The van der Waals surface area contributed by atoms with Gasteiger partial charge in [0.05, 0.1) is 0 Å². The van der Waals surface area contributed by atoms with Crippen molar-refractivity contribution >= 4 is 9.52 Å². The molecular formula is C8H20O6Si. The molecule has 0 aliphatic carbocycles. The van der Waals surface area contributed by atoms with Crippen LogP contribution in [0.1, 0.15) is 0 Å². The summed E-state index contributed by atoms with van der Waals surface area (Å²) in [4.78, 5) is 0. The van der Waals surface area contributed by atoms with Crippen molar-refractivity contribution < 1.29 is 28.4 Å². The van der Waals surface area contributed by atoms with Gasteiger partial charge in [-0.2, -0.15) is 0 Å². The lowest BCUT2D eigenvalue weighted by Gasteiger charge is -2.36. The van der Waals surface area contributed by atoms with E-state index in [1.807, 2.05) is 0 Å². The summed E-state index contributed by atoms with van der Waals surface area (Å²) in [6, 6.07) is 0. The Hall–Kier alpha value is -0.0231. The van der Waals surface area contributed by atoms with Gasteiger partial charge in [0.1, 0.15) is 0 Å². The van der Waals surface area contributed by atoms with Crippen molar-refractivity contribution in [3.63, 3.8) is 0 Å². The zero-order valence-corrected chi connectivity index (χ0v) is 11.6. The predicted octanol–water partition coefficient (Wildman–Crippen LogP) is -0.744. The molecule has 0 fully saturated rings. The van der Waals surface area contributed by atoms with Gasteiger partial charge in [0.25, 0.3) is 11.2 Å². The molecule has 0 unspecified atom stereocenters. The Morgan fingerprint density at radius 2 is 0.733 bits per heavy atom. The summed E-state index contributed by atoms with van der Waals surface area (Å²) < 4.78 is 31.0. The van der Waals surface area contributed by atoms with Crippen molar-refractivity contribution in [3.8, 4) is 0 Å². The van der Waals surface area contributed by atoms with Crippen LogP contribution in [0.5, 0.6) is 0 Å². The van der Waals surface area contributed by atoms with Crippen molar-refractivity contribution in [2.75, 3.05) is 42.7 Å². The van der Waals surface area contributed by atoms with Crippen LogP contribution >= 0.6 is 0 Å². The topological polar surface area (TPSA) is 55.4 Å². The van der Waals surface area contributed by atoms with E-state index in [1.165, 1.54) is 42.7 Å². The molecule has 0 saturated heterocycles. The van der Waals surface area contributed by atoms with Gasteiger partial charge < -0.3 is 28.4 Å². The van der Waals surface area contributed by atoms with Crippen LogP contribution in [0.4, 0.5) is 0 Å². The quantitative estimate of drug-likeness (QED) is 0.411. The Balaban J connectivity index is 4.74. The Labute approximate surface area is 92.5 Å².